The Bertz CT molecular complexity index is 573. The average molecular weight is 304 g/mol. The van der Waals surface area contributed by atoms with Crippen LogP contribution in [-0.2, 0) is 0 Å². The van der Waals surface area contributed by atoms with Crippen molar-refractivity contribution in [3.05, 3.63) is 24.3 Å². The van der Waals surface area contributed by atoms with Crippen LogP contribution in [0.25, 0.3) is 10.9 Å². The second-order valence-electron chi connectivity index (χ2n) is 5.28. The molecule has 1 atom stereocenters. The van der Waals surface area contributed by atoms with E-state index in [1.54, 1.807) is 0 Å². The molecule has 0 aliphatic carbocycles. The molecule has 5 heteroatoms. The molecule has 2 aromatic rings. The molecule has 0 saturated heterocycles. The lowest BCUT2D eigenvalue weighted by Gasteiger charge is -2.14. The van der Waals surface area contributed by atoms with Gasteiger partial charge in [0.2, 0.25) is 5.95 Å². The molecule has 1 aromatic carbocycles. The zero-order valence-corrected chi connectivity index (χ0v) is 13.8. The molecule has 0 radical (unpaired) electrons. The summed E-state index contributed by atoms with van der Waals surface area (Å²) in [6.45, 7) is 6.20. The number of nitrogens with one attached hydrogen (secondary N) is 2. The van der Waals surface area contributed by atoms with Gasteiger partial charge < -0.3 is 10.6 Å². The highest BCUT2D eigenvalue weighted by molar-refractivity contribution is 7.98. The Balaban J connectivity index is 2.22. The van der Waals surface area contributed by atoms with Crippen molar-refractivity contribution < 1.29 is 0 Å². The first-order valence-corrected chi connectivity index (χ1v) is 8.87. The maximum absolute atomic E-state index is 4.63. The van der Waals surface area contributed by atoms with Crippen LogP contribution in [0.3, 0.4) is 0 Å². The summed E-state index contributed by atoms with van der Waals surface area (Å²) in [5.74, 6) is 3.39. The van der Waals surface area contributed by atoms with Gasteiger partial charge in [-0.05, 0) is 36.5 Å². The molecular weight excluding hydrogens is 280 g/mol. The van der Waals surface area contributed by atoms with Gasteiger partial charge in [0, 0.05) is 18.5 Å². The van der Waals surface area contributed by atoms with Gasteiger partial charge in [-0.25, -0.2) is 4.98 Å². The number of nitrogens with zero attached hydrogens (tertiary/aromatic N) is 2. The summed E-state index contributed by atoms with van der Waals surface area (Å²) in [4.78, 5) is 9.20. The number of rotatable bonds is 8. The van der Waals surface area contributed by atoms with Gasteiger partial charge in [0.25, 0.3) is 0 Å². The lowest BCUT2D eigenvalue weighted by molar-refractivity contribution is 0.700. The normalized spacial score (nSPS) is 12.3. The molecule has 0 bridgehead atoms. The monoisotopic (exact) mass is 304 g/mol. The second-order valence-corrected chi connectivity index (χ2v) is 6.19. The van der Waals surface area contributed by atoms with Crippen LogP contribution in [0, 0.1) is 5.92 Å². The fourth-order valence-electron chi connectivity index (χ4n) is 2.14. The number of thioether (sulfide) groups is 1. The molecule has 1 heterocycles. The van der Waals surface area contributed by atoms with Crippen molar-refractivity contribution in [1.82, 2.24) is 9.97 Å². The lowest BCUT2D eigenvalue weighted by atomic mass is 10.2. The summed E-state index contributed by atoms with van der Waals surface area (Å²) in [7, 11) is 0. The molecule has 0 fully saturated rings. The summed E-state index contributed by atoms with van der Waals surface area (Å²) >= 11 is 1.88. The first kappa shape index (κ1) is 15.9. The van der Waals surface area contributed by atoms with E-state index in [-0.39, 0.29) is 0 Å². The topological polar surface area (TPSA) is 49.8 Å². The van der Waals surface area contributed by atoms with E-state index in [2.05, 4.69) is 46.8 Å². The summed E-state index contributed by atoms with van der Waals surface area (Å²) in [6.07, 6.45) is 3.20. The van der Waals surface area contributed by atoms with Crippen molar-refractivity contribution in [2.75, 3.05) is 35.7 Å². The zero-order valence-electron chi connectivity index (χ0n) is 13.0. The highest BCUT2D eigenvalue weighted by Crippen LogP contribution is 2.22. The van der Waals surface area contributed by atoms with Crippen LogP contribution in [-0.4, -0.2) is 35.1 Å². The molecule has 0 saturated carbocycles. The van der Waals surface area contributed by atoms with Gasteiger partial charge in [0.15, 0.2) is 0 Å². The predicted molar refractivity (Wildman–Crippen MR) is 94.4 cm³/mol. The van der Waals surface area contributed by atoms with E-state index >= 15 is 0 Å². The van der Waals surface area contributed by atoms with Gasteiger partial charge in [-0.2, -0.15) is 16.7 Å². The lowest BCUT2D eigenvalue weighted by Crippen LogP contribution is -2.15. The van der Waals surface area contributed by atoms with Gasteiger partial charge in [-0.3, -0.25) is 0 Å². The van der Waals surface area contributed by atoms with Crippen molar-refractivity contribution in [2.45, 2.75) is 20.3 Å². The molecule has 114 valence electrons. The third-order valence-corrected chi connectivity index (χ3v) is 4.11. The average Bonchev–Trinajstić information content (AvgIpc) is 2.51. The Morgan fingerprint density at radius 1 is 1.19 bits per heavy atom. The number of para-hydroxylation sites is 1. The molecule has 0 aliphatic rings. The molecule has 0 spiro atoms. The minimum Gasteiger partial charge on any atom is -0.369 e. The fourth-order valence-corrected chi connectivity index (χ4v) is 2.83. The Kier molecular flexibility index (Phi) is 6.11. The molecule has 2 rings (SSSR count). The highest BCUT2D eigenvalue weighted by atomic mass is 32.2. The van der Waals surface area contributed by atoms with Crippen molar-refractivity contribution in [2.24, 2.45) is 5.92 Å². The summed E-state index contributed by atoms with van der Waals surface area (Å²) in [5, 5.41) is 7.84. The van der Waals surface area contributed by atoms with E-state index in [1.807, 2.05) is 30.0 Å². The summed E-state index contributed by atoms with van der Waals surface area (Å²) in [6, 6.07) is 8.14. The van der Waals surface area contributed by atoms with E-state index in [9.17, 15) is 0 Å². The third-order valence-electron chi connectivity index (χ3n) is 3.21. The van der Waals surface area contributed by atoms with Crippen LogP contribution >= 0.6 is 11.8 Å². The first-order valence-electron chi connectivity index (χ1n) is 7.48. The van der Waals surface area contributed by atoms with Crippen LogP contribution < -0.4 is 10.6 Å². The van der Waals surface area contributed by atoms with Gasteiger partial charge >= 0.3 is 0 Å². The fraction of sp³-hybridized carbons (Fsp3) is 0.500. The number of hydrogen-bond donors (Lipinski definition) is 2. The number of fused-ring (bicyclic) bond motifs is 1. The molecule has 0 aliphatic heterocycles. The van der Waals surface area contributed by atoms with Crippen molar-refractivity contribution in [1.29, 1.82) is 0 Å². The Hall–Kier alpha value is -1.49. The van der Waals surface area contributed by atoms with Crippen LogP contribution in [0.4, 0.5) is 11.8 Å². The Labute approximate surface area is 131 Å². The molecule has 4 nitrogen and oxygen atoms in total. The maximum atomic E-state index is 4.63. The molecule has 1 unspecified atom stereocenters. The van der Waals surface area contributed by atoms with Crippen LogP contribution in [0.2, 0.25) is 0 Å². The Morgan fingerprint density at radius 2 is 2.00 bits per heavy atom. The molecule has 0 amide bonds. The SMILES string of the molecule is CCCNc1nc(NCC(C)CSC)c2ccccc2n1. The number of aromatic nitrogens is 2. The van der Waals surface area contributed by atoms with Gasteiger partial charge in [-0.1, -0.05) is 26.0 Å². The van der Waals surface area contributed by atoms with E-state index in [4.69, 9.17) is 0 Å². The van der Waals surface area contributed by atoms with Crippen LogP contribution in [0.5, 0.6) is 0 Å². The Morgan fingerprint density at radius 3 is 2.76 bits per heavy atom. The zero-order chi connectivity index (χ0) is 15.1. The van der Waals surface area contributed by atoms with E-state index in [1.165, 1.54) is 0 Å². The van der Waals surface area contributed by atoms with E-state index in [0.717, 1.165) is 42.0 Å². The molecular formula is C16H24N4S. The van der Waals surface area contributed by atoms with Gasteiger partial charge in [0.1, 0.15) is 5.82 Å². The van der Waals surface area contributed by atoms with Gasteiger partial charge in [0.05, 0.1) is 5.52 Å². The predicted octanol–water partition coefficient (Wildman–Crippen LogP) is 3.86. The van der Waals surface area contributed by atoms with Crippen molar-refractivity contribution in [3.63, 3.8) is 0 Å². The summed E-state index contributed by atoms with van der Waals surface area (Å²) in [5.41, 5.74) is 0.978. The van der Waals surface area contributed by atoms with Crippen LogP contribution in [0.1, 0.15) is 20.3 Å². The van der Waals surface area contributed by atoms with Crippen molar-refractivity contribution >= 4 is 34.4 Å². The largest absolute Gasteiger partial charge is 0.369 e. The minimum absolute atomic E-state index is 0.612. The van der Waals surface area contributed by atoms with E-state index < -0.39 is 0 Å². The molecule has 21 heavy (non-hydrogen) atoms. The van der Waals surface area contributed by atoms with Crippen LogP contribution in [0.15, 0.2) is 24.3 Å². The molecule has 2 N–H and O–H groups in total. The number of anilines is 2. The van der Waals surface area contributed by atoms with E-state index in [0.29, 0.717) is 11.9 Å². The number of hydrogen-bond acceptors (Lipinski definition) is 5. The smallest absolute Gasteiger partial charge is 0.225 e. The second kappa shape index (κ2) is 8.08. The number of benzene rings is 1. The quantitative estimate of drug-likeness (QED) is 0.775. The standard InChI is InChI=1S/C16H24N4S/c1-4-9-17-16-19-14-8-6-5-7-13(14)15(20-16)18-10-12(2)11-21-3/h5-8,12H,4,9-11H2,1-3H3,(H2,17,18,19,20). The summed E-state index contributed by atoms with van der Waals surface area (Å²) < 4.78 is 0. The first-order chi connectivity index (χ1) is 10.2. The van der Waals surface area contributed by atoms with Crippen molar-refractivity contribution in [3.8, 4) is 0 Å². The highest BCUT2D eigenvalue weighted by Gasteiger charge is 2.08. The maximum Gasteiger partial charge on any atom is 0.225 e. The minimum atomic E-state index is 0.612. The third kappa shape index (κ3) is 4.49. The van der Waals surface area contributed by atoms with Gasteiger partial charge in [-0.15, -0.1) is 0 Å². The molecule has 1 aromatic heterocycles.